The third-order valence-corrected chi connectivity index (χ3v) is 5.84. The van der Waals surface area contributed by atoms with Crippen molar-refractivity contribution in [2.45, 2.75) is 18.6 Å². The van der Waals surface area contributed by atoms with E-state index < -0.39 is 10.0 Å². The van der Waals surface area contributed by atoms with E-state index in [0.29, 0.717) is 32.6 Å². The molecule has 1 aromatic rings. The van der Waals surface area contributed by atoms with Gasteiger partial charge in [0.05, 0.1) is 5.75 Å². The topological polar surface area (TPSA) is 69.7 Å². The lowest BCUT2D eigenvalue weighted by Gasteiger charge is -2.34. The number of hydrogen-bond acceptors (Lipinski definition) is 4. The molecule has 1 aromatic carbocycles. The van der Waals surface area contributed by atoms with Gasteiger partial charge in [0.1, 0.15) is 0 Å². The third kappa shape index (κ3) is 5.30. The van der Waals surface area contributed by atoms with Gasteiger partial charge < -0.3 is 10.2 Å². The highest BCUT2D eigenvalue weighted by atomic mass is 32.2. The molecule has 1 aliphatic heterocycles. The van der Waals surface area contributed by atoms with E-state index in [1.165, 1.54) is 4.31 Å². The summed E-state index contributed by atoms with van der Waals surface area (Å²) in [6.45, 7) is 2.54. The van der Waals surface area contributed by atoms with Crippen molar-refractivity contribution >= 4 is 15.9 Å². The summed E-state index contributed by atoms with van der Waals surface area (Å²) in [7, 11) is -1.46. The highest BCUT2D eigenvalue weighted by Crippen LogP contribution is 2.14. The van der Waals surface area contributed by atoms with Crippen LogP contribution in [0, 0.1) is 0 Å². The molecule has 0 aromatic heterocycles. The van der Waals surface area contributed by atoms with Crippen molar-refractivity contribution in [3.8, 4) is 0 Å². The Morgan fingerprint density at radius 3 is 2.39 bits per heavy atom. The standard InChI is InChI=1S/C16H25N3O3S/c1-17-9-5-8-16(20)18-10-12-19(13-11-18)23(21,22)14-15-6-3-2-4-7-15/h2-4,6-7,17H,5,8-14H2,1H3. The van der Waals surface area contributed by atoms with Gasteiger partial charge in [0.15, 0.2) is 0 Å². The predicted octanol–water partition coefficient (Wildman–Crippen LogP) is 0.660. The zero-order chi connectivity index (χ0) is 16.7. The van der Waals surface area contributed by atoms with Gasteiger partial charge in [-0.2, -0.15) is 4.31 Å². The maximum Gasteiger partial charge on any atom is 0.222 e. The van der Waals surface area contributed by atoms with E-state index in [9.17, 15) is 13.2 Å². The smallest absolute Gasteiger partial charge is 0.222 e. The third-order valence-electron chi connectivity index (χ3n) is 3.99. The minimum absolute atomic E-state index is 0.0178. The zero-order valence-corrected chi connectivity index (χ0v) is 14.4. The Hall–Kier alpha value is -1.44. The highest BCUT2D eigenvalue weighted by Gasteiger charge is 2.28. The largest absolute Gasteiger partial charge is 0.340 e. The molecular formula is C16H25N3O3S. The SMILES string of the molecule is CNCCCC(=O)N1CCN(S(=O)(=O)Cc2ccccc2)CC1. The van der Waals surface area contributed by atoms with Crippen LogP contribution < -0.4 is 5.32 Å². The van der Waals surface area contributed by atoms with Crippen molar-refractivity contribution in [2.24, 2.45) is 0 Å². The quantitative estimate of drug-likeness (QED) is 0.741. The van der Waals surface area contributed by atoms with E-state index in [4.69, 9.17) is 0 Å². The Labute approximate surface area is 138 Å². The van der Waals surface area contributed by atoms with Gasteiger partial charge in [0.2, 0.25) is 15.9 Å². The minimum atomic E-state index is -3.32. The van der Waals surface area contributed by atoms with E-state index in [1.807, 2.05) is 37.4 Å². The maximum absolute atomic E-state index is 12.5. The number of amides is 1. The normalized spacial score (nSPS) is 16.5. The van der Waals surface area contributed by atoms with E-state index in [-0.39, 0.29) is 11.7 Å². The van der Waals surface area contributed by atoms with Crippen LogP contribution >= 0.6 is 0 Å². The summed E-state index contributed by atoms with van der Waals surface area (Å²) in [6.07, 6.45) is 1.32. The van der Waals surface area contributed by atoms with Gasteiger partial charge in [0, 0.05) is 32.6 Å². The molecule has 23 heavy (non-hydrogen) atoms. The van der Waals surface area contributed by atoms with Crippen LogP contribution in [0.25, 0.3) is 0 Å². The summed E-state index contributed by atoms with van der Waals surface area (Å²) in [5, 5.41) is 3.02. The van der Waals surface area contributed by atoms with Crippen molar-refractivity contribution < 1.29 is 13.2 Å². The zero-order valence-electron chi connectivity index (χ0n) is 13.6. The maximum atomic E-state index is 12.5. The van der Waals surface area contributed by atoms with Crippen molar-refractivity contribution in [2.75, 3.05) is 39.8 Å². The number of benzene rings is 1. The lowest BCUT2D eigenvalue weighted by atomic mass is 10.2. The van der Waals surface area contributed by atoms with Gasteiger partial charge in [0.25, 0.3) is 0 Å². The molecule has 1 fully saturated rings. The van der Waals surface area contributed by atoms with Crippen LogP contribution in [0.3, 0.4) is 0 Å². The number of carbonyl (C=O) groups excluding carboxylic acids is 1. The van der Waals surface area contributed by atoms with E-state index >= 15 is 0 Å². The summed E-state index contributed by atoms with van der Waals surface area (Å²) >= 11 is 0. The summed E-state index contributed by atoms with van der Waals surface area (Å²) in [6, 6.07) is 9.19. The van der Waals surface area contributed by atoms with Crippen LogP contribution in [0.4, 0.5) is 0 Å². The monoisotopic (exact) mass is 339 g/mol. The van der Waals surface area contributed by atoms with Gasteiger partial charge >= 0.3 is 0 Å². The summed E-state index contributed by atoms with van der Waals surface area (Å²) in [4.78, 5) is 13.8. The van der Waals surface area contributed by atoms with Gasteiger partial charge in [-0.3, -0.25) is 4.79 Å². The Morgan fingerprint density at radius 1 is 1.13 bits per heavy atom. The number of nitrogens with zero attached hydrogens (tertiary/aromatic N) is 2. The molecule has 1 aliphatic rings. The number of nitrogens with one attached hydrogen (secondary N) is 1. The predicted molar refractivity (Wildman–Crippen MR) is 90.4 cm³/mol. The molecule has 7 heteroatoms. The molecule has 1 heterocycles. The Kier molecular flexibility index (Phi) is 6.56. The van der Waals surface area contributed by atoms with Crippen molar-refractivity contribution in [3.63, 3.8) is 0 Å². The number of carbonyl (C=O) groups is 1. The number of sulfonamides is 1. The van der Waals surface area contributed by atoms with Crippen molar-refractivity contribution in [3.05, 3.63) is 35.9 Å². The molecule has 6 nitrogen and oxygen atoms in total. The summed E-state index contributed by atoms with van der Waals surface area (Å²) in [5.41, 5.74) is 0.790. The molecular weight excluding hydrogens is 314 g/mol. The second-order valence-electron chi connectivity index (χ2n) is 5.73. The Balaban J connectivity index is 1.84. The lowest BCUT2D eigenvalue weighted by molar-refractivity contribution is -0.132. The van der Waals surface area contributed by atoms with Gasteiger partial charge in [-0.15, -0.1) is 0 Å². The number of hydrogen-bond donors (Lipinski definition) is 1. The lowest BCUT2D eigenvalue weighted by Crippen LogP contribution is -2.50. The molecule has 2 rings (SSSR count). The Bertz CT molecular complexity index is 596. The fraction of sp³-hybridized carbons (Fsp3) is 0.562. The Morgan fingerprint density at radius 2 is 1.78 bits per heavy atom. The fourth-order valence-electron chi connectivity index (χ4n) is 2.67. The molecule has 128 valence electrons. The van der Waals surface area contributed by atoms with E-state index in [0.717, 1.165) is 18.5 Å². The first kappa shape index (κ1) is 17.9. The van der Waals surface area contributed by atoms with Gasteiger partial charge in [-0.05, 0) is 25.6 Å². The first-order chi connectivity index (χ1) is 11.0. The number of rotatable bonds is 7. The highest BCUT2D eigenvalue weighted by molar-refractivity contribution is 7.88. The molecule has 0 saturated carbocycles. The van der Waals surface area contributed by atoms with Gasteiger partial charge in [-0.1, -0.05) is 30.3 Å². The van der Waals surface area contributed by atoms with Crippen molar-refractivity contribution in [1.82, 2.24) is 14.5 Å². The first-order valence-corrected chi connectivity index (χ1v) is 9.58. The summed E-state index contributed by atoms with van der Waals surface area (Å²) in [5.74, 6) is 0.129. The molecule has 1 saturated heterocycles. The molecule has 0 bridgehead atoms. The molecule has 0 unspecified atom stereocenters. The van der Waals surface area contributed by atoms with Crippen LogP contribution in [0.15, 0.2) is 30.3 Å². The van der Waals surface area contributed by atoms with Crippen LogP contribution in [0.1, 0.15) is 18.4 Å². The average molecular weight is 339 g/mol. The van der Waals surface area contributed by atoms with E-state index in [2.05, 4.69) is 5.32 Å². The van der Waals surface area contributed by atoms with E-state index in [1.54, 1.807) is 4.90 Å². The molecule has 1 amide bonds. The fourth-order valence-corrected chi connectivity index (χ4v) is 4.18. The van der Waals surface area contributed by atoms with Crippen LogP contribution in [0.5, 0.6) is 0 Å². The molecule has 0 aliphatic carbocycles. The molecule has 1 N–H and O–H groups in total. The molecule has 0 spiro atoms. The second kappa shape index (κ2) is 8.42. The first-order valence-electron chi connectivity index (χ1n) is 7.97. The van der Waals surface area contributed by atoms with Gasteiger partial charge in [-0.25, -0.2) is 8.42 Å². The average Bonchev–Trinajstić information content (AvgIpc) is 2.55. The van der Waals surface area contributed by atoms with Crippen LogP contribution in [-0.2, 0) is 20.6 Å². The molecule has 0 radical (unpaired) electrons. The summed E-state index contributed by atoms with van der Waals surface area (Å²) < 4.78 is 26.4. The van der Waals surface area contributed by atoms with Crippen molar-refractivity contribution in [1.29, 1.82) is 0 Å². The number of piperazine rings is 1. The van der Waals surface area contributed by atoms with Crippen LogP contribution in [-0.4, -0.2) is 63.3 Å². The minimum Gasteiger partial charge on any atom is -0.340 e. The molecule has 0 atom stereocenters. The second-order valence-corrected chi connectivity index (χ2v) is 7.70. The van der Waals surface area contributed by atoms with Crippen LogP contribution in [0.2, 0.25) is 0 Å².